The average Bonchev–Trinajstić information content (AvgIpc) is 3.32. The maximum absolute atomic E-state index is 11.2. The Balaban J connectivity index is 1.13. The second-order valence-electron chi connectivity index (χ2n) is 8.48. The van der Waals surface area contributed by atoms with Crippen LogP contribution in [-0.2, 0) is 4.79 Å². The van der Waals surface area contributed by atoms with E-state index in [1.807, 2.05) is 54.7 Å². The molecular formula is C25H31N5O3. The molecule has 0 saturated carbocycles. The molecule has 0 radical (unpaired) electrons. The molecule has 174 valence electrons. The van der Waals surface area contributed by atoms with Gasteiger partial charge in [-0.1, -0.05) is 25.1 Å². The normalized spacial score (nSPS) is 15.6. The maximum atomic E-state index is 11.2. The van der Waals surface area contributed by atoms with E-state index in [9.17, 15) is 9.90 Å². The van der Waals surface area contributed by atoms with E-state index in [2.05, 4.69) is 33.1 Å². The lowest BCUT2D eigenvalue weighted by atomic mass is 10.0. The highest BCUT2D eigenvalue weighted by Crippen LogP contribution is 2.24. The second kappa shape index (κ2) is 11.0. The Hall–Kier alpha value is -3.36. The van der Waals surface area contributed by atoms with Gasteiger partial charge < -0.3 is 25.5 Å². The van der Waals surface area contributed by atoms with E-state index >= 15 is 0 Å². The number of nitrogens with zero attached hydrogens (tertiary/aromatic N) is 1. The van der Waals surface area contributed by atoms with E-state index in [1.165, 1.54) is 0 Å². The summed E-state index contributed by atoms with van der Waals surface area (Å²) < 4.78 is 5.81. The number of H-pyrrole nitrogens is 1. The molecule has 1 aromatic heterocycles. The van der Waals surface area contributed by atoms with Gasteiger partial charge in [0.15, 0.2) is 0 Å². The molecule has 2 aromatic carbocycles. The molecular weight excluding hydrogens is 418 g/mol. The van der Waals surface area contributed by atoms with Gasteiger partial charge in [0.05, 0.1) is 5.71 Å². The predicted octanol–water partition coefficient (Wildman–Crippen LogP) is 2.86. The smallest absolute Gasteiger partial charge is 0.240 e. The fourth-order valence-electron chi connectivity index (χ4n) is 3.75. The van der Waals surface area contributed by atoms with Crippen molar-refractivity contribution in [2.24, 2.45) is 11.0 Å². The van der Waals surface area contributed by atoms with Crippen LogP contribution in [0.5, 0.6) is 5.75 Å². The molecule has 4 rings (SSSR count). The third kappa shape index (κ3) is 6.34. The van der Waals surface area contributed by atoms with Crippen LogP contribution in [0.25, 0.3) is 10.9 Å². The van der Waals surface area contributed by atoms with Crippen molar-refractivity contribution in [3.05, 3.63) is 60.3 Å². The van der Waals surface area contributed by atoms with Gasteiger partial charge in [0.2, 0.25) is 5.91 Å². The summed E-state index contributed by atoms with van der Waals surface area (Å²) in [5.74, 6) is 1.12. The van der Waals surface area contributed by atoms with Crippen molar-refractivity contribution in [1.82, 2.24) is 15.7 Å². The van der Waals surface area contributed by atoms with Gasteiger partial charge in [-0.25, -0.2) is 5.43 Å². The number of fused-ring (bicyclic) bond motifs is 1. The fraction of sp³-hybridized carbons (Fsp3) is 0.360. The van der Waals surface area contributed by atoms with Gasteiger partial charge in [0.1, 0.15) is 18.5 Å². The maximum Gasteiger partial charge on any atom is 0.240 e. The number of carbonyl (C=O) groups is 1. The largest absolute Gasteiger partial charge is 0.490 e. The summed E-state index contributed by atoms with van der Waals surface area (Å²) in [5, 5.41) is 22.2. The number of aromatic nitrogens is 1. The first kappa shape index (κ1) is 22.8. The van der Waals surface area contributed by atoms with Crippen LogP contribution in [0.2, 0.25) is 0 Å². The standard InChI is InChI=1S/C25H31N5O3/c1-17(14-28-19-7-5-18(6-8-19)22-9-10-25(32)30-29-22)13-26-15-20(31)16-33-24-4-2-3-23-21(24)11-12-27-23/h2-8,11-12,17,20,26-28,31H,9-10,13-16H2,1H3,(H,30,32). The van der Waals surface area contributed by atoms with Crippen LogP contribution in [-0.4, -0.2) is 54.1 Å². The van der Waals surface area contributed by atoms with Crippen LogP contribution in [0, 0.1) is 5.92 Å². The minimum absolute atomic E-state index is 0.0333. The highest BCUT2D eigenvalue weighted by Gasteiger charge is 2.13. The number of aromatic amines is 1. The van der Waals surface area contributed by atoms with Crippen LogP contribution in [0.15, 0.2) is 59.8 Å². The lowest BCUT2D eigenvalue weighted by Crippen LogP contribution is -2.35. The number of hydrogen-bond acceptors (Lipinski definition) is 6. The number of rotatable bonds is 11. The average molecular weight is 450 g/mol. The van der Waals surface area contributed by atoms with E-state index in [1.54, 1.807) is 0 Å². The van der Waals surface area contributed by atoms with E-state index < -0.39 is 6.10 Å². The van der Waals surface area contributed by atoms with Crippen molar-refractivity contribution in [2.45, 2.75) is 25.9 Å². The van der Waals surface area contributed by atoms with Crippen molar-refractivity contribution < 1.29 is 14.6 Å². The van der Waals surface area contributed by atoms with Crippen molar-refractivity contribution in [3.8, 4) is 5.75 Å². The molecule has 2 heterocycles. The first-order chi connectivity index (χ1) is 16.1. The summed E-state index contributed by atoms with van der Waals surface area (Å²) in [6, 6.07) is 15.9. The fourth-order valence-corrected chi connectivity index (χ4v) is 3.75. The first-order valence-electron chi connectivity index (χ1n) is 11.4. The number of hydrazone groups is 1. The number of hydrogen-bond donors (Lipinski definition) is 5. The number of aliphatic hydroxyl groups is 1. The summed E-state index contributed by atoms with van der Waals surface area (Å²) in [7, 11) is 0. The molecule has 5 N–H and O–H groups in total. The van der Waals surface area contributed by atoms with Crippen molar-refractivity contribution in [2.75, 3.05) is 31.6 Å². The van der Waals surface area contributed by atoms with E-state index in [0.29, 0.717) is 25.3 Å². The zero-order valence-corrected chi connectivity index (χ0v) is 18.8. The lowest BCUT2D eigenvalue weighted by Gasteiger charge is -2.17. The van der Waals surface area contributed by atoms with E-state index in [0.717, 1.165) is 46.7 Å². The Morgan fingerprint density at radius 2 is 1.94 bits per heavy atom. The Morgan fingerprint density at radius 1 is 1.09 bits per heavy atom. The summed E-state index contributed by atoms with van der Waals surface area (Å²) >= 11 is 0. The SMILES string of the molecule is CC(CNCC(O)COc1cccc2[nH]ccc12)CNc1ccc(C2=NNC(=O)CC2)cc1. The number of carbonyl (C=O) groups excluding carboxylic acids is 1. The minimum Gasteiger partial charge on any atom is -0.490 e. The number of aliphatic hydroxyl groups excluding tert-OH is 1. The predicted molar refractivity (Wildman–Crippen MR) is 131 cm³/mol. The summed E-state index contributed by atoms with van der Waals surface area (Å²) in [6.45, 7) is 4.47. The molecule has 1 amide bonds. The third-order valence-corrected chi connectivity index (χ3v) is 5.64. The molecule has 8 nitrogen and oxygen atoms in total. The molecule has 0 saturated heterocycles. The monoisotopic (exact) mass is 449 g/mol. The Bertz CT molecular complexity index is 1090. The van der Waals surface area contributed by atoms with Crippen molar-refractivity contribution >= 4 is 28.2 Å². The molecule has 0 bridgehead atoms. The van der Waals surface area contributed by atoms with Crippen LogP contribution >= 0.6 is 0 Å². The molecule has 0 spiro atoms. The van der Waals surface area contributed by atoms with Gasteiger partial charge in [0, 0.05) is 48.7 Å². The van der Waals surface area contributed by atoms with Gasteiger partial charge in [-0.05, 0) is 48.4 Å². The second-order valence-corrected chi connectivity index (χ2v) is 8.48. The molecule has 8 heteroatoms. The molecule has 0 fully saturated rings. The number of benzene rings is 2. The van der Waals surface area contributed by atoms with Gasteiger partial charge in [-0.3, -0.25) is 4.79 Å². The lowest BCUT2D eigenvalue weighted by molar-refractivity contribution is -0.121. The van der Waals surface area contributed by atoms with Crippen molar-refractivity contribution in [1.29, 1.82) is 0 Å². The molecule has 3 aromatic rings. The van der Waals surface area contributed by atoms with Crippen LogP contribution in [0.4, 0.5) is 5.69 Å². The molecule has 33 heavy (non-hydrogen) atoms. The summed E-state index contributed by atoms with van der Waals surface area (Å²) in [6.07, 6.45) is 2.44. The summed E-state index contributed by atoms with van der Waals surface area (Å²) in [4.78, 5) is 14.4. The van der Waals surface area contributed by atoms with E-state index in [4.69, 9.17) is 4.74 Å². The Labute approximate surface area is 193 Å². The highest BCUT2D eigenvalue weighted by molar-refractivity contribution is 6.04. The molecule has 2 atom stereocenters. The molecule has 0 aliphatic carbocycles. The quantitative estimate of drug-likeness (QED) is 0.309. The van der Waals surface area contributed by atoms with Gasteiger partial charge in [-0.2, -0.15) is 5.10 Å². The van der Waals surface area contributed by atoms with Gasteiger partial charge >= 0.3 is 0 Å². The topological polar surface area (TPSA) is 111 Å². The van der Waals surface area contributed by atoms with Crippen LogP contribution in [0.1, 0.15) is 25.3 Å². The highest BCUT2D eigenvalue weighted by atomic mass is 16.5. The summed E-state index contributed by atoms with van der Waals surface area (Å²) in [5.41, 5.74) is 6.53. The molecule has 1 aliphatic heterocycles. The number of amides is 1. The van der Waals surface area contributed by atoms with Crippen LogP contribution in [0.3, 0.4) is 0 Å². The zero-order chi connectivity index (χ0) is 23.0. The third-order valence-electron chi connectivity index (χ3n) is 5.64. The molecule has 1 aliphatic rings. The van der Waals surface area contributed by atoms with E-state index in [-0.39, 0.29) is 12.5 Å². The Kier molecular flexibility index (Phi) is 7.59. The zero-order valence-electron chi connectivity index (χ0n) is 18.8. The minimum atomic E-state index is -0.584. The Morgan fingerprint density at radius 3 is 2.73 bits per heavy atom. The number of nitrogens with one attached hydrogen (secondary N) is 4. The van der Waals surface area contributed by atoms with Crippen molar-refractivity contribution in [3.63, 3.8) is 0 Å². The van der Waals surface area contributed by atoms with Crippen LogP contribution < -0.4 is 20.8 Å². The number of ether oxygens (including phenoxy) is 1. The van der Waals surface area contributed by atoms with Gasteiger partial charge in [0.25, 0.3) is 0 Å². The van der Waals surface area contributed by atoms with Gasteiger partial charge in [-0.15, -0.1) is 0 Å². The first-order valence-corrected chi connectivity index (χ1v) is 11.4. The number of anilines is 1. The molecule has 2 unspecified atom stereocenters.